The van der Waals surface area contributed by atoms with Crippen LogP contribution in [0.2, 0.25) is 5.02 Å². The number of halogens is 1. The molecular formula is C13H9ClN2O4. The standard InChI is InChI=1S/C13H9ClN2O4/c14-9-6-7-12(17)11(8-9)13(18)15(16(19)20)10-4-2-1-3-5-10/h1-8,17H. The number of carbonyl (C=O) groups excluding carboxylic acids is 1. The molecule has 0 bridgehead atoms. The molecule has 0 saturated carbocycles. The third-order valence-electron chi connectivity index (χ3n) is 2.55. The number of phenolic OH excluding ortho intramolecular Hbond substituents is 1. The van der Waals surface area contributed by atoms with Crippen molar-refractivity contribution >= 4 is 23.2 Å². The molecule has 1 N–H and O–H groups in total. The summed E-state index contributed by atoms with van der Waals surface area (Å²) in [5.41, 5.74) is -0.153. The van der Waals surface area contributed by atoms with Crippen LogP contribution >= 0.6 is 11.6 Å². The largest absolute Gasteiger partial charge is 0.507 e. The van der Waals surface area contributed by atoms with Crippen LogP contribution in [0.15, 0.2) is 48.5 Å². The molecular weight excluding hydrogens is 284 g/mol. The van der Waals surface area contributed by atoms with E-state index < -0.39 is 10.9 Å². The van der Waals surface area contributed by atoms with Gasteiger partial charge in [0.2, 0.25) is 0 Å². The highest BCUT2D eigenvalue weighted by atomic mass is 35.5. The fourth-order valence-electron chi connectivity index (χ4n) is 1.65. The molecule has 0 unspecified atom stereocenters. The van der Waals surface area contributed by atoms with Crippen molar-refractivity contribution in [3.63, 3.8) is 0 Å². The smallest absolute Gasteiger partial charge is 0.323 e. The van der Waals surface area contributed by atoms with E-state index in [9.17, 15) is 20.0 Å². The lowest BCUT2D eigenvalue weighted by atomic mass is 10.1. The minimum Gasteiger partial charge on any atom is -0.507 e. The lowest BCUT2D eigenvalue weighted by Crippen LogP contribution is -2.36. The summed E-state index contributed by atoms with van der Waals surface area (Å²) in [5.74, 6) is -1.34. The average Bonchev–Trinajstić information content (AvgIpc) is 2.42. The van der Waals surface area contributed by atoms with Crippen molar-refractivity contribution in [2.75, 3.05) is 5.01 Å². The molecule has 0 saturated heterocycles. The van der Waals surface area contributed by atoms with Gasteiger partial charge in [-0.05, 0) is 35.3 Å². The number of anilines is 1. The molecule has 0 aromatic heterocycles. The zero-order valence-corrected chi connectivity index (χ0v) is 10.8. The van der Waals surface area contributed by atoms with Crippen molar-refractivity contribution in [1.82, 2.24) is 0 Å². The highest BCUT2D eigenvalue weighted by Crippen LogP contribution is 2.25. The van der Waals surface area contributed by atoms with Crippen LogP contribution in [0.3, 0.4) is 0 Å². The molecule has 0 heterocycles. The first-order valence-electron chi connectivity index (χ1n) is 5.53. The predicted molar refractivity (Wildman–Crippen MR) is 73.4 cm³/mol. The van der Waals surface area contributed by atoms with Crippen LogP contribution in [0, 0.1) is 10.1 Å². The number of carbonyl (C=O) groups is 1. The average molecular weight is 293 g/mol. The molecule has 0 aliphatic rings. The number of hydrogen-bond donors (Lipinski definition) is 1. The van der Waals surface area contributed by atoms with Crippen molar-refractivity contribution in [1.29, 1.82) is 0 Å². The van der Waals surface area contributed by atoms with Crippen LogP contribution in [0.25, 0.3) is 0 Å². The van der Waals surface area contributed by atoms with Gasteiger partial charge in [-0.3, -0.25) is 4.79 Å². The van der Waals surface area contributed by atoms with Gasteiger partial charge in [0.05, 0.1) is 5.56 Å². The minimum absolute atomic E-state index is 0.0851. The second-order valence-electron chi connectivity index (χ2n) is 3.85. The molecule has 0 fully saturated rings. The lowest BCUT2D eigenvalue weighted by molar-refractivity contribution is -0.481. The van der Waals surface area contributed by atoms with E-state index in [1.807, 2.05) is 0 Å². The van der Waals surface area contributed by atoms with Crippen molar-refractivity contribution in [3.8, 4) is 5.75 Å². The normalized spacial score (nSPS) is 10.1. The van der Waals surface area contributed by atoms with Crippen LogP contribution in [-0.4, -0.2) is 16.0 Å². The second kappa shape index (κ2) is 5.58. The van der Waals surface area contributed by atoms with E-state index in [1.165, 1.54) is 30.3 Å². The van der Waals surface area contributed by atoms with Gasteiger partial charge in [-0.25, -0.2) is 10.1 Å². The molecule has 0 atom stereocenters. The van der Waals surface area contributed by atoms with E-state index in [0.29, 0.717) is 5.01 Å². The Bertz CT molecular complexity index is 661. The molecule has 6 nitrogen and oxygen atoms in total. The summed E-state index contributed by atoms with van der Waals surface area (Å²) in [5, 5.41) is 20.5. The second-order valence-corrected chi connectivity index (χ2v) is 4.29. The third-order valence-corrected chi connectivity index (χ3v) is 2.78. The van der Waals surface area contributed by atoms with Gasteiger partial charge in [0.25, 0.3) is 0 Å². The van der Waals surface area contributed by atoms with Gasteiger partial charge in [0, 0.05) is 5.02 Å². The van der Waals surface area contributed by atoms with E-state index in [4.69, 9.17) is 11.6 Å². The monoisotopic (exact) mass is 292 g/mol. The highest BCUT2D eigenvalue weighted by Gasteiger charge is 2.29. The number of aromatic hydroxyl groups is 1. The van der Waals surface area contributed by atoms with Gasteiger partial charge in [-0.2, -0.15) is 0 Å². The molecule has 2 aromatic rings. The quantitative estimate of drug-likeness (QED) is 0.696. The molecule has 102 valence electrons. The molecule has 0 aliphatic carbocycles. The Balaban J connectivity index is 2.48. The number of rotatable bonds is 3. The summed E-state index contributed by atoms with van der Waals surface area (Å²) in [6, 6.07) is 11.4. The summed E-state index contributed by atoms with van der Waals surface area (Å²) in [6.45, 7) is 0. The first-order chi connectivity index (χ1) is 9.50. The van der Waals surface area contributed by atoms with Gasteiger partial charge in [-0.1, -0.05) is 29.8 Å². The number of hydrazine groups is 1. The van der Waals surface area contributed by atoms with Gasteiger partial charge in [-0.15, -0.1) is 0 Å². The summed E-state index contributed by atoms with van der Waals surface area (Å²) in [4.78, 5) is 23.3. The first kappa shape index (κ1) is 13.8. The Morgan fingerprint density at radius 3 is 2.45 bits per heavy atom. The molecule has 1 amide bonds. The maximum atomic E-state index is 12.2. The fraction of sp³-hybridized carbons (Fsp3) is 0. The molecule has 2 rings (SSSR count). The number of amides is 1. The Morgan fingerprint density at radius 1 is 1.20 bits per heavy atom. The molecule has 20 heavy (non-hydrogen) atoms. The maximum Gasteiger partial charge on any atom is 0.323 e. The number of hydrogen-bond acceptors (Lipinski definition) is 4. The van der Waals surface area contributed by atoms with E-state index in [0.717, 1.165) is 0 Å². The van der Waals surface area contributed by atoms with Crippen molar-refractivity contribution in [2.24, 2.45) is 0 Å². The van der Waals surface area contributed by atoms with E-state index in [2.05, 4.69) is 0 Å². The van der Waals surface area contributed by atoms with Crippen LogP contribution in [-0.2, 0) is 0 Å². The Labute approximate surface area is 118 Å². The fourth-order valence-corrected chi connectivity index (χ4v) is 1.82. The third kappa shape index (κ3) is 2.70. The highest BCUT2D eigenvalue weighted by molar-refractivity contribution is 6.31. The number of para-hydroxylation sites is 1. The van der Waals surface area contributed by atoms with E-state index >= 15 is 0 Å². The molecule has 2 aromatic carbocycles. The SMILES string of the molecule is O=C(c1cc(Cl)ccc1O)N(c1ccccc1)[N+](=O)[O-]. The molecule has 0 radical (unpaired) electrons. The predicted octanol–water partition coefficient (Wildman–Crippen LogP) is 2.88. The summed E-state index contributed by atoms with van der Waals surface area (Å²) in [7, 11) is 0. The number of nitrogens with zero attached hydrogens (tertiary/aromatic N) is 2. The summed E-state index contributed by atoms with van der Waals surface area (Å²) >= 11 is 5.74. The van der Waals surface area contributed by atoms with Crippen molar-refractivity contribution in [3.05, 3.63) is 69.2 Å². The van der Waals surface area contributed by atoms with Gasteiger partial charge < -0.3 is 5.11 Å². The lowest BCUT2D eigenvalue weighted by Gasteiger charge is -2.13. The first-order valence-corrected chi connectivity index (χ1v) is 5.91. The van der Waals surface area contributed by atoms with Crippen molar-refractivity contribution in [2.45, 2.75) is 0 Å². The van der Waals surface area contributed by atoms with Crippen LogP contribution in [0.1, 0.15) is 10.4 Å². The van der Waals surface area contributed by atoms with Gasteiger partial charge in [0.1, 0.15) is 11.4 Å². The number of nitro groups is 1. The molecule has 7 heteroatoms. The Kier molecular flexibility index (Phi) is 3.86. The molecule has 0 spiro atoms. The van der Waals surface area contributed by atoms with Crippen molar-refractivity contribution < 1.29 is 14.9 Å². The van der Waals surface area contributed by atoms with Gasteiger partial charge >= 0.3 is 5.91 Å². The topological polar surface area (TPSA) is 83.7 Å². The van der Waals surface area contributed by atoms with Gasteiger partial charge in [0.15, 0.2) is 5.03 Å². The zero-order chi connectivity index (χ0) is 14.7. The Hall–Kier alpha value is -2.60. The molecule has 0 aliphatic heterocycles. The van der Waals surface area contributed by atoms with Crippen LogP contribution in [0.4, 0.5) is 5.69 Å². The maximum absolute atomic E-state index is 12.2. The Morgan fingerprint density at radius 2 is 1.85 bits per heavy atom. The summed E-state index contributed by atoms with van der Waals surface area (Å²) < 4.78 is 0. The number of benzene rings is 2. The zero-order valence-electron chi connectivity index (χ0n) is 10.1. The van der Waals surface area contributed by atoms with E-state index in [-0.39, 0.29) is 22.0 Å². The van der Waals surface area contributed by atoms with Crippen LogP contribution < -0.4 is 5.01 Å². The summed E-state index contributed by atoms with van der Waals surface area (Å²) in [6.07, 6.45) is 0. The van der Waals surface area contributed by atoms with Crippen LogP contribution in [0.5, 0.6) is 5.75 Å². The number of phenols is 1. The van der Waals surface area contributed by atoms with E-state index in [1.54, 1.807) is 18.2 Å². The minimum atomic E-state index is -0.971.